The van der Waals surface area contributed by atoms with Gasteiger partial charge in [0.05, 0.1) is 17.8 Å². The lowest BCUT2D eigenvalue weighted by molar-refractivity contribution is -0.115. The van der Waals surface area contributed by atoms with Crippen LogP contribution in [0.4, 0.5) is 0 Å². The van der Waals surface area contributed by atoms with E-state index in [0.717, 1.165) is 43.2 Å². The van der Waals surface area contributed by atoms with Crippen LogP contribution in [0.3, 0.4) is 0 Å². The number of benzene rings is 1. The second kappa shape index (κ2) is 6.21. The Balaban J connectivity index is 1.72. The van der Waals surface area contributed by atoms with Crippen LogP contribution >= 0.6 is 0 Å². The summed E-state index contributed by atoms with van der Waals surface area (Å²) in [6, 6.07) is 5.68. The van der Waals surface area contributed by atoms with Gasteiger partial charge in [0, 0.05) is 18.4 Å². The molecule has 2 heterocycles. The summed E-state index contributed by atoms with van der Waals surface area (Å²) in [4.78, 5) is 12.0. The minimum absolute atomic E-state index is 0.146. The highest BCUT2D eigenvalue weighted by Gasteiger charge is 2.45. The van der Waals surface area contributed by atoms with Crippen molar-refractivity contribution in [2.45, 2.75) is 76.6 Å². The van der Waals surface area contributed by atoms with Gasteiger partial charge < -0.3 is 15.6 Å². The second-order valence-electron chi connectivity index (χ2n) is 9.12. The zero-order chi connectivity index (χ0) is 18.5. The van der Waals surface area contributed by atoms with E-state index >= 15 is 0 Å². The molecular weight excluding hydrogens is 326 g/mol. The lowest BCUT2D eigenvalue weighted by Crippen LogP contribution is -2.38. The molecule has 1 aromatic carbocycles. The number of amides is 1. The Morgan fingerprint density at radius 1 is 1.23 bits per heavy atom. The van der Waals surface area contributed by atoms with Crippen molar-refractivity contribution in [3.05, 3.63) is 41.0 Å². The van der Waals surface area contributed by atoms with Crippen LogP contribution in [-0.4, -0.2) is 23.2 Å². The van der Waals surface area contributed by atoms with Gasteiger partial charge in [-0.25, -0.2) is 0 Å². The summed E-state index contributed by atoms with van der Waals surface area (Å²) in [6.07, 6.45) is 8.86. The molecule has 4 rings (SSSR count). The summed E-state index contributed by atoms with van der Waals surface area (Å²) in [5, 5.41) is 11.3. The van der Waals surface area contributed by atoms with Gasteiger partial charge in [-0.1, -0.05) is 26.0 Å². The van der Waals surface area contributed by atoms with E-state index in [0.29, 0.717) is 23.8 Å². The average molecular weight is 355 g/mol. The largest absolute Gasteiger partial charge is 0.385 e. The van der Waals surface area contributed by atoms with Gasteiger partial charge in [-0.2, -0.15) is 0 Å². The van der Waals surface area contributed by atoms with Crippen LogP contribution in [0.5, 0.6) is 0 Å². The van der Waals surface area contributed by atoms with Crippen molar-refractivity contribution in [2.75, 3.05) is 0 Å². The summed E-state index contributed by atoms with van der Waals surface area (Å²) in [5.41, 5.74) is 8.59. The maximum Gasteiger partial charge on any atom is 0.249 e. The Kier molecular flexibility index (Phi) is 4.24. The molecule has 3 N–H and O–H groups in total. The molecule has 0 spiro atoms. The fraction of sp³-hybridized carbons (Fsp3) is 0.591. The molecule has 4 nitrogen and oxygen atoms in total. The number of rotatable bonds is 3. The Bertz CT molecular complexity index is 753. The molecule has 2 saturated heterocycles. The zero-order valence-electron chi connectivity index (χ0n) is 15.8. The van der Waals surface area contributed by atoms with Gasteiger partial charge in [-0.3, -0.25) is 4.79 Å². The summed E-state index contributed by atoms with van der Waals surface area (Å²) in [7, 11) is 0. The third kappa shape index (κ3) is 3.21. The molecule has 2 unspecified atom stereocenters. The van der Waals surface area contributed by atoms with Crippen molar-refractivity contribution in [2.24, 2.45) is 11.1 Å². The normalized spacial score (nSPS) is 33.0. The lowest BCUT2D eigenvalue weighted by Gasteiger charge is -2.37. The fourth-order valence-electron chi connectivity index (χ4n) is 4.79. The summed E-state index contributed by atoms with van der Waals surface area (Å²) in [6.45, 7) is 4.54. The molecule has 26 heavy (non-hydrogen) atoms. The minimum Gasteiger partial charge on any atom is -0.385 e. The predicted octanol–water partition coefficient (Wildman–Crippen LogP) is 3.91. The molecule has 0 radical (unpaired) electrons. The molecular formula is C22H29NO3. The maximum atomic E-state index is 12.0. The number of primary amides is 1. The number of hydrogen-bond acceptors (Lipinski definition) is 3. The molecule has 2 aliphatic heterocycles. The van der Waals surface area contributed by atoms with Gasteiger partial charge in [-0.05, 0) is 66.4 Å². The van der Waals surface area contributed by atoms with Crippen LogP contribution in [0.25, 0.3) is 5.57 Å². The molecule has 140 valence electrons. The fourth-order valence-corrected chi connectivity index (χ4v) is 4.79. The topological polar surface area (TPSA) is 72.6 Å². The number of aliphatic hydroxyl groups is 1. The van der Waals surface area contributed by atoms with E-state index in [-0.39, 0.29) is 12.2 Å². The summed E-state index contributed by atoms with van der Waals surface area (Å²) in [5.74, 6) is -0.406. The Morgan fingerprint density at radius 3 is 2.50 bits per heavy atom. The molecule has 0 aromatic heterocycles. The van der Waals surface area contributed by atoms with E-state index < -0.39 is 11.5 Å². The van der Waals surface area contributed by atoms with Gasteiger partial charge in [-0.15, -0.1) is 0 Å². The van der Waals surface area contributed by atoms with E-state index in [1.54, 1.807) is 6.07 Å². The summed E-state index contributed by atoms with van der Waals surface area (Å²) < 4.78 is 5.90. The quantitative estimate of drug-likeness (QED) is 0.863. The number of carbonyl (C=O) groups excluding carboxylic acids is 1. The molecule has 1 aliphatic carbocycles. The van der Waals surface area contributed by atoms with Crippen LogP contribution < -0.4 is 5.73 Å². The average Bonchev–Trinajstić information content (AvgIpc) is 2.93. The number of ether oxygens (including phenoxy) is 1. The van der Waals surface area contributed by atoms with Crippen LogP contribution in [0.2, 0.25) is 0 Å². The zero-order valence-corrected chi connectivity index (χ0v) is 15.8. The molecule has 2 fully saturated rings. The van der Waals surface area contributed by atoms with Crippen molar-refractivity contribution in [3.8, 4) is 0 Å². The van der Waals surface area contributed by atoms with Crippen molar-refractivity contribution in [1.82, 2.24) is 0 Å². The smallest absolute Gasteiger partial charge is 0.249 e. The SMILES string of the molecule is CC1(C)CC=C(c2cc(C3(O)CC4CCC(C3)O4)ccc2C(N)=O)CC1. The maximum absolute atomic E-state index is 12.0. The highest BCUT2D eigenvalue weighted by Crippen LogP contribution is 2.45. The third-order valence-electron chi connectivity index (χ3n) is 6.47. The van der Waals surface area contributed by atoms with E-state index in [4.69, 9.17) is 10.5 Å². The van der Waals surface area contributed by atoms with Crippen molar-refractivity contribution >= 4 is 11.5 Å². The number of carbonyl (C=O) groups is 1. The Labute approximate surface area is 155 Å². The van der Waals surface area contributed by atoms with E-state index in [2.05, 4.69) is 19.9 Å². The van der Waals surface area contributed by atoms with Crippen LogP contribution in [0.1, 0.15) is 80.3 Å². The number of hydrogen-bond donors (Lipinski definition) is 2. The van der Waals surface area contributed by atoms with Crippen molar-refractivity contribution in [1.29, 1.82) is 0 Å². The van der Waals surface area contributed by atoms with Gasteiger partial charge in [0.15, 0.2) is 0 Å². The highest BCUT2D eigenvalue weighted by molar-refractivity contribution is 5.98. The Hall–Kier alpha value is -1.65. The number of nitrogens with two attached hydrogens (primary N) is 1. The summed E-state index contributed by atoms with van der Waals surface area (Å²) >= 11 is 0. The lowest BCUT2D eigenvalue weighted by atomic mass is 9.75. The van der Waals surface area contributed by atoms with Gasteiger partial charge >= 0.3 is 0 Å². The second-order valence-corrected chi connectivity index (χ2v) is 9.12. The van der Waals surface area contributed by atoms with E-state index in [1.807, 2.05) is 12.1 Å². The molecule has 1 amide bonds. The Morgan fingerprint density at radius 2 is 1.92 bits per heavy atom. The standard InChI is InChI=1S/C22H29NO3/c1-21(2)9-7-14(8-10-21)19-11-15(3-6-18(19)20(23)24)22(25)12-16-4-5-17(13-22)26-16/h3,6-7,11,16-17,25H,4-5,8-10,12-13H2,1-2H3,(H2,23,24). The van der Waals surface area contributed by atoms with E-state index in [9.17, 15) is 9.90 Å². The number of allylic oxidation sites excluding steroid dienone is 2. The van der Waals surface area contributed by atoms with Gasteiger partial charge in [0.1, 0.15) is 0 Å². The first kappa shape index (κ1) is 17.7. The molecule has 2 bridgehead atoms. The van der Waals surface area contributed by atoms with Gasteiger partial charge in [0.2, 0.25) is 5.91 Å². The first-order valence-corrected chi connectivity index (χ1v) is 9.77. The monoisotopic (exact) mass is 355 g/mol. The molecule has 0 saturated carbocycles. The molecule has 4 heteroatoms. The van der Waals surface area contributed by atoms with E-state index in [1.165, 1.54) is 5.57 Å². The van der Waals surface area contributed by atoms with Crippen LogP contribution in [0.15, 0.2) is 24.3 Å². The minimum atomic E-state index is -0.872. The van der Waals surface area contributed by atoms with Crippen molar-refractivity contribution in [3.63, 3.8) is 0 Å². The number of fused-ring (bicyclic) bond motifs is 2. The molecule has 3 aliphatic rings. The van der Waals surface area contributed by atoms with Crippen LogP contribution in [-0.2, 0) is 10.3 Å². The van der Waals surface area contributed by atoms with Crippen LogP contribution in [0, 0.1) is 5.41 Å². The molecule has 2 atom stereocenters. The highest BCUT2D eigenvalue weighted by atomic mass is 16.5. The first-order chi connectivity index (χ1) is 12.3. The molecule has 1 aromatic rings. The third-order valence-corrected chi connectivity index (χ3v) is 6.47. The van der Waals surface area contributed by atoms with Gasteiger partial charge in [0.25, 0.3) is 0 Å². The van der Waals surface area contributed by atoms with Crippen molar-refractivity contribution < 1.29 is 14.6 Å². The first-order valence-electron chi connectivity index (χ1n) is 9.77. The predicted molar refractivity (Wildman–Crippen MR) is 102 cm³/mol.